The van der Waals surface area contributed by atoms with E-state index in [1.165, 1.54) is 25.9 Å². The van der Waals surface area contributed by atoms with Gasteiger partial charge in [-0.05, 0) is 62.3 Å². The molecule has 210 valence electrons. The number of ether oxygens (including phenoxy) is 1. The summed E-state index contributed by atoms with van der Waals surface area (Å²) in [4.78, 5) is 16.7. The molecule has 2 aromatic carbocycles. The van der Waals surface area contributed by atoms with E-state index in [9.17, 15) is 0 Å². The van der Waals surface area contributed by atoms with Crippen LogP contribution >= 0.6 is 0 Å². The predicted octanol–water partition coefficient (Wildman–Crippen LogP) is 5.08. The monoisotopic (exact) mass is 540 g/mol. The quantitative estimate of drug-likeness (QED) is 0.283. The van der Waals surface area contributed by atoms with Crippen LogP contribution in [0.25, 0.3) is 33.6 Å². The van der Waals surface area contributed by atoms with E-state index in [2.05, 4.69) is 73.3 Å². The molecule has 4 heterocycles. The molecule has 2 aliphatic heterocycles. The fourth-order valence-electron chi connectivity index (χ4n) is 5.81. The molecule has 0 radical (unpaired) electrons. The molecule has 8 heteroatoms. The number of hydrogen-bond donors (Lipinski definition) is 1. The minimum Gasteiger partial charge on any atom is -0.492 e. The SMILES string of the molecule is CCN1CCN(CCNc2ncnc3oc(-c4ccc(OCCN5CCCC5)cc4)c(-c4ccccc4)c23)CC1. The molecule has 6 rings (SSSR count). The lowest BCUT2D eigenvalue weighted by Crippen LogP contribution is -2.47. The van der Waals surface area contributed by atoms with Gasteiger partial charge in [0.15, 0.2) is 0 Å². The molecule has 2 aromatic heterocycles. The number of piperazine rings is 1. The van der Waals surface area contributed by atoms with Crippen LogP contribution in [0.1, 0.15) is 19.8 Å². The van der Waals surface area contributed by atoms with Crippen LogP contribution in [-0.2, 0) is 0 Å². The van der Waals surface area contributed by atoms with Gasteiger partial charge in [0.25, 0.3) is 0 Å². The summed E-state index contributed by atoms with van der Waals surface area (Å²) in [5, 5.41) is 4.52. The molecule has 4 aromatic rings. The van der Waals surface area contributed by atoms with E-state index < -0.39 is 0 Å². The number of aromatic nitrogens is 2. The number of nitrogens with one attached hydrogen (secondary N) is 1. The van der Waals surface area contributed by atoms with E-state index in [1.54, 1.807) is 6.33 Å². The van der Waals surface area contributed by atoms with Gasteiger partial charge in [-0.2, -0.15) is 0 Å². The van der Waals surface area contributed by atoms with Crippen LogP contribution in [0.15, 0.2) is 65.3 Å². The summed E-state index contributed by atoms with van der Waals surface area (Å²) < 4.78 is 12.5. The van der Waals surface area contributed by atoms with Gasteiger partial charge in [0, 0.05) is 56.9 Å². The molecule has 2 fully saturated rings. The molecule has 2 saturated heterocycles. The average Bonchev–Trinajstić information content (AvgIpc) is 3.67. The summed E-state index contributed by atoms with van der Waals surface area (Å²) in [6.45, 7) is 13.7. The minimum absolute atomic E-state index is 0.592. The second-order valence-corrected chi connectivity index (χ2v) is 10.7. The molecule has 1 N–H and O–H groups in total. The first-order chi connectivity index (χ1) is 19.8. The summed E-state index contributed by atoms with van der Waals surface area (Å²) in [6.07, 6.45) is 4.19. The Balaban J connectivity index is 1.22. The topological polar surface area (TPSA) is 69.9 Å². The second kappa shape index (κ2) is 12.8. The molecule has 40 heavy (non-hydrogen) atoms. The van der Waals surface area contributed by atoms with Crippen molar-refractivity contribution in [3.8, 4) is 28.2 Å². The lowest BCUT2D eigenvalue weighted by Gasteiger charge is -2.34. The zero-order valence-electron chi connectivity index (χ0n) is 23.5. The molecule has 0 aliphatic carbocycles. The summed E-state index contributed by atoms with van der Waals surface area (Å²) >= 11 is 0. The number of rotatable bonds is 11. The van der Waals surface area contributed by atoms with E-state index >= 15 is 0 Å². The standard InChI is InChI=1S/C32H40N6O2/c1-2-36-18-20-38(21-19-36)17-14-33-31-29-28(25-8-4-3-5-9-25)30(40-32(29)35-24-34-31)26-10-12-27(13-11-26)39-23-22-37-15-6-7-16-37/h3-5,8-13,24H,2,6-7,14-23H2,1H3,(H,33,34,35). The van der Waals surface area contributed by atoms with Crippen molar-refractivity contribution >= 4 is 16.9 Å². The predicted molar refractivity (Wildman–Crippen MR) is 161 cm³/mol. The highest BCUT2D eigenvalue weighted by molar-refractivity contribution is 6.05. The van der Waals surface area contributed by atoms with Crippen molar-refractivity contribution in [1.82, 2.24) is 24.7 Å². The van der Waals surface area contributed by atoms with E-state index in [0.717, 1.165) is 91.8 Å². The molecule has 0 unspecified atom stereocenters. The largest absolute Gasteiger partial charge is 0.492 e. The summed E-state index contributed by atoms with van der Waals surface area (Å²) in [6, 6.07) is 18.6. The van der Waals surface area contributed by atoms with Crippen molar-refractivity contribution in [3.63, 3.8) is 0 Å². The minimum atomic E-state index is 0.592. The number of fused-ring (bicyclic) bond motifs is 1. The summed E-state index contributed by atoms with van der Waals surface area (Å²) in [5.74, 6) is 2.49. The Labute approximate surface area is 237 Å². The third-order valence-electron chi connectivity index (χ3n) is 8.17. The van der Waals surface area contributed by atoms with Crippen LogP contribution in [-0.4, -0.2) is 96.7 Å². The lowest BCUT2D eigenvalue weighted by atomic mass is 9.99. The van der Waals surface area contributed by atoms with E-state index in [4.69, 9.17) is 9.15 Å². The number of likely N-dealkylation sites (N-methyl/N-ethyl adjacent to an activating group) is 1. The molecular formula is C32H40N6O2. The van der Waals surface area contributed by atoms with Gasteiger partial charge >= 0.3 is 0 Å². The Kier molecular flexibility index (Phi) is 8.56. The first-order valence-corrected chi connectivity index (χ1v) is 14.8. The molecular weight excluding hydrogens is 500 g/mol. The van der Waals surface area contributed by atoms with Crippen LogP contribution in [0.3, 0.4) is 0 Å². The van der Waals surface area contributed by atoms with Gasteiger partial charge in [-0.15, -0.1) is 0 Å². The Bertz CT molecular complexity index is 1360. The highest BCUT2D eigenvalue weighted by Gasteiger charge is 2.22. The molecule has 0 spiro atoms. The van der Waals surface area contributed by atoms with Gasteiger partial charge in [-0.1, -0.05) is 37.3 Å². The van der Waals surface area contributed by atoms with Crippen molar-refractivity contribution < 1.29 is 9.15 Å². The van der Waals surface area contributed by atoms with Gasteiger partial charge in [-0.25, -0.2) is 9.97 Å². The smallest absolute Gasteiger partial charge is 0.232 e. The highest BCUT2D eigenvalue weighted by atomic mass is 16.5. The number of benzene rings is 2. The van der Waals surface area contributed by atoms with Gasteiger partial charge in [0.2, 0.25) is 5.71 Å². The van der Waals surface area contributed by atoms with Crippen molar-refractivity contribution in [2.24, 2.45) is 0 Å². The zero-order valence-corrected chi connectivity index (χ0v) is 23.5. The average molecular weight is 541 g/mol. The first-order valence-electron chi connectivity index (χ1n) is 14.8. The lowest BCUT2D eigenvalue weighted by molar-refractivity contribution is 0.141. The molecule has 0 bridgehead atoms. The molecule has 0 atom stereocenters. The van der Waals surface area contributed by atoms with Crippen LogP contribution in [0.4, 0.5) is 5.82 Å². The third-order valence-corrected chi connectivity index (χ3v) is 8.17. The fourth-order valence-corrected chi connectivity index (χ4v) is 5.81. The Morgan fingerprint density at radius 1 is 0.800 bits per heavy atom. The van der Waals surface area contributed by atoms with Crippen LogP contribution in [0, 0.1) is 0 Å². The first kappa shape index (κ1) is 26.7. The van der Waals surface area contributed by atoms with Gasteiger partial charge < -0.3 is 19.4 Å². The number of nitrogens with zero attached hydrogens (tertiary/aromatic N) is 5. The summed E-state index contributed by atoms with van der Waals surface area (Å²) in [5.41, 5.74) is 3.67. The molecule has 8 nitrogen and oxygen atoms in total. The number of likely N-dealkylation sites (tertiary alicyclic amines) is 1. The molecule has 0 amide bonds. The van der Waals surface area contributed by atoms with Gasteiger partial charge in [0.1, 0.15) is 30.3 Å². The van der Waals surface area contributed by atoms with Crippen molar-refractivity contribution in [3.05, 3.63) is 60.9 Å². The normalized spacial score (nSPS) is 17.0. The fraction of sp³-hybridized carbons (Fsp3) is 0.438. The van der Waals surface area contributed by atoms with Gasteiger partial charge in [-0.3, -0.25) is 9.80 Å². The number of hydrogen-bond acceptors (Lipinski definition) is 8. The van der Waals surface area contributed by atoms with Crippen molar-refractivity contribution in [2.75, 3.05) is 77.4 Å². The maximum absolute atomic E-state index is 6.43. The Morgan fingerprint density at radius 3 is 2.27 bits per heavy atom. The second-order valence-electron chi connectivity index (χ2n) is 10.7. The van der Waals surface area contributed by atoms with Gasteiger partial charge in [0.05, 0.1) is 5.39 Å². The number of anilines is 1. The van der Waals surface area contributed by atoms with Crippen molar-refractivity contribution in [1.29, 1.82) is 0 Å². The Hall–Kier alpha value is -3.46. The van der Waals surface area contributed by atoms with Crippen LogP contribution in [0.5, 0.6) is 5.75 Å². The van der Waals surface area contributed by atoms with Crippen molar-refractivity contribution in [2.45, 2.75) is 19.8 Å². The van der Waals surface area contributed by atoms with Crippen LogP contribution < -0.4 is 10.1 Å². The molecule has 0 saturated carbocycles. The van der Waals surface area contributed by atoms with Crippen LogP contribution in [0.2, 0.25) is 0 Å². The highest BCUT2D eigenvalue weighted by Crippen LogP contribution is 2.42. The Morgan fingerprint density at radius 2 is 1.52 bits per heavy atom. The van der Waals surface area contributed by atoms with E-state index in [-0.39, 0.29) is 0 Å². The number of furan rings is 1. The third kappa shape index (κ3) is 6.14. The molecule has 2 aliphatic rings. The maximum Gasteiger partial charge on any atom is 0.232 e. The maximum atomic E-state index is 6.43. The zero-order chi connectivity index (χ0) is 27.1. The van der Waals surface area contributed by atoms with E-state index in [0.29, 0.717) is 12.3 Å². The summed E-state index contributed by atoms with van der Waals surface area (Å²) in [7, 11) is 0. The van der Waals surface area contributed by atoms with E-state index in [1.807, 2.05) is 18.2 Å².